The second-order valence-corrected chi connectivity index (χ2v) is 13.6. The van der Waals surface area contributed by atoms with Crippen molar-refractivity contribution in [3.63, 3.8) is 0 Å². The number of carbonyl (C=O) groups is 3. The molecule has 7 nitrogen and oxygen atoms in total. The van der Waals surface area contributed by atoms with E-state index in [1.165, 1.54) is 96.3 Å². The number of rotatable bonds is 33. The van der Waals surface area contributed by atoms with Gasteiger partial charge in [-0.2, -0.15) is 0 Å². The Bertz CT molecular complexity index is 722. The Morgan fingerprint density at radius 1 is 0.467 bits per heavy atom. The Balaban J connectivity index is 4.46. The molecule has 0 saturated heterocycles. The maximum atomic E-state index is 12.0. The Labute approximate surface area is 276 Å². The highest BCUT2D eigenvalue weighted by Gasteiger charge is 2.40. The molecule has 0 fully saturated rings. The van der Waals surface area contributed by atoms with Crippen LogP contribution >= 0.6 is 0 Å². The Hall–Kier alpha value is -1.89. The monoisotopic (exact) mass is 639 g/mol. The molecule has 3 N–H and O–H groups in total. The molecular weight excluding hydrogens is 566 g/mol. The number of unbranched alkanes of at least 4 members (excludes halogenated alkanes) is 17. The molecule has 0 aliphatic rings. The average Bonchev–Trinajstić information content (AvgIpc) is 3.01. The van der Waals surface area contributed by atoms with E-state index in [0.29, 0.717) is 25.8 Å². The summed E-state index contributed by atoms with van der Waals surface area (Å²) in [5.41, 5.74) is 0. The lowest BCUT2D eigenvalue weighted by Gasteiger charge is -2.43. The second-order valence-electron chi connectivity index (χ2n) is 13.6. The topological polar surface area (TPSA) is 112 Å². The van der Waals surface area contributed by atoms with Gasteiger partial charge in [0.05, 0.1) is 26.2 Å². The summed E-state index contributed by atoms with van der Waals surface area (Å²) in [7, 11) is 0. The van der Waals surface area contributed by atoms with Crippen LogP contribution in [0.5, 0.6) is 0 Å². The average molecular weight is 639 g/mol. The smallest absolute Gasteiger partial charge is 0.312 e. The summed E-state index contributed by atoms with van der Waals surface area (Å²) in [6.07, 6.45) is 30.0. The SMILES string of the molecule is CC/C=C/CCCCCCCCCCCCCCCCCCC[N+](CC(CC)C(=O)O)(CC(CC)C(=O)O)CC(CC)C(=O)O. The number of allylic oxidation sites excluding steroid dienone is 2. The predicted octanol–water partition coefficient (Wildman–Crippen LogP) is 10.1. The maximum Gasteiger partial charge on any atom is 0.312 e. The first-order valence-electron chi connectivity index (χ1n) is 18.8. The van der Waals surface area contributed by atoms with Crippen LogP contribution in [0.4, 0.5) is 0 Å². The van der Waals surface area contributed by atoms with E-state index in [0.717, 1.165) is 25.7 Å². The van der Waals surface area contributed by atoms with E-state index < -0.39 is 35.7 Å². The maximum absolute atomic E-state index is 12.0. The molecule has 0 aliphatic carbocycles. The first-order chi connectivity index (χ1) is 21.7. The summed E-state index contributed by atoms with van der Waals surface area (Å²) in [6, 6.07) is 0. The van der Waals surface area contributed by atoms with Crippen molar-refractivity contribution in [1.29, 1.82) is 0 Å². The van der Waals surface area contributed by atoms with Gasteiger partial charge in [0.1, 0.15) is 17.8 Å². The van der Waals surface area contributed by atoms with Gasteiger partial charge in [0.2, 0.25) is 0 Å². The van der Waals surface area contributed by atoms with E-state index >= 15 is 0 Å². The van der Waals surface area contributed by atoms with Crippen molar-refractivity contribution in [2.24, 2.45) is 17.8 Å². The predicted molar refractivity (Wildman–Crippen MR) is 187 cm³/mol. The lowest BCUT2D eigenvalue weighted by molar-refractivity contribution is -0.935. The van der Waals surface area contributed by atoms with Crippen LogP contribution in [-0.2, 0) is 14.4 Å². The number of aliphatic carboxylic acids is 3. The van der Waals surface area contributed by atoms with Gasteiger partial charge >= 0.3 is 17.9 Å². The highest BCUT2D eigenvalue weighted by Crippen LogP contribution is 2.25. The van der Waals surface area contributed by atoms with Gasteiger partial charge < -0.3 is 19.8 Å². The molecule has 0 amide bonds. The van der Waals surface area contributed by atoms with Gasteiger partial charge in [-0.1, -0.05) is 130 Å². The zero-order chi connectivity index (χ0) is 33.8. The minimum absolute atomic E-state index is 0.261. The number of nitrogens with zero attached hydrogens (tertiary/aromatic N) is 1. The van der Waals surface area contributed by atoms with E-state index in [4.69, 9.17) is 0 Å². The molecule has 0 aromatic carbocycles. The third-order valence-electron chi connectivity index (χ3n) is 9.75. The minimum Gasteiger partial charge on any atom is -0.481 e. The van der Waals surface area contributed by atoms with Gasteiger partial charge in [-0.15, -0.1) is 0 Å². The van der Waals surface area contributed by atoms with Crippen molar-refractivity contribution in [2.45, 2.75) is 169 Å². The van der Waals surface area contributed by atoms with Crippen molar-refractivity contribution in [3.8, 4) is 0 Å². The fourth-order valence-corrected chi connectivity index (χ4v) is 6.69. The fraction of sp³-hybridized carbons (Fsp3) is 0.868. The number of hydrogen-bond acceptors (Lipinski definition) is 3. The van der Waals surface area contributed by atoms with Crippen LogP contribution in [0.1, 0.15) is 169 Å². The van der Waals surface area contributed by atoms with E-state index in [1.807, 2.05) is 20.8 Å². The van der Waals surface area contributed by atoms with Crippen LogP contribution < -0.4 is 0 Å². The summed E-state index contributed by atoms with van der Waals surface area (Å²) >= 11 is 0. The van der Waals surface area contributed by atoms with Gasteiger partial charge in [0.25, 0.3) is 0 Å². The van der Waals surface area contributed by atoms with Crippen molar-refractivity contribution >= 4 is 17.9 Å². The zero-order valence-electron chi connectivity index (χ0n) is 29.8. The van der Waals surface area contributed by atoms with Gasteiger partial charge in [0.15, 0.2) is 0 Å². The van der Waals surface area contributed by atoms with Crippen molar-refractivity contribution in [1.82, 2.24) is 0 Å². The summed E-state index contributed by atoms with van der Waals surface area (Å²) < 4.78 is 0.261. The van der Waals surface area contributed by atoms with E-state index in [9.17, 15) is 29.7 Å². The van der Waals surface area contributed by atoms with Gasteiger partial charge in [0, 0.05) is 0 Å². The molecule has 0 saturated carbocycles. The molecule has 7 heteroatoms. The summed E-state index contributed by atoms with van der Waals surface area (Å²) in [5.74, 6) is -4.50. The molecule has 0 heterocycles. The van der Waals surface area contributed by atoms with Crippen molar-refractivity contribution in [2.75, 3.05) is 26.2 Å². The third-order valence-corrected chi connectivity index (χ3v) is 9.75. The van der Waals surface area contributed by atoms with Gasteiger partial charge in [-0.25, -0.2) is 0 Å². The number of hydrogen-bond donors (Lipinski definition) is 3. The summed E-state index contributed by atoms with van der Waals surface area (Å²) in [4.78, 5) is 36.0. The Kier molecular flexibility index (Phi) is 27.2. The fourth-order valence-electron chi connectivity index (χ4n) is 6.69. The summed E-state index contributed by atoms with van der Waals surface area (Å²) in [5, 5.41) is 29.5. The number of carboxylic acid groups (broad SMARTS) is 3. The normalized spacial score (nSPS) is 15.1. The third kappa shape index (κ3) is 22.3. The Morgan fingerprint density at radius 2 is 0.756 bits per heavy atom. The van der Waals surface area contributed by atoms with E-state index in [2.05, 4.69) is 19.1 Å². The molecule has 3 unspecified atom stereocenters. The standard InChI is InChI=1S/C38H71NO6/c1-5-9-10-11-12-13-14-15-16-17-18-19-20-21-22-23-24-25-26-27-28-29-39(30-33(6-2)36(40)41,31-34(7-3)37(42)43)32-35(8-4)38(44)45/h9-10,33-35H,5-8,11-32H2,1-4H3,(H2-,40,41,42,43,44,45)/p+1/b10-9+. The molecular formula is C38H72NO6+. The number of carboxylic acids is 3. The van der Waals surface area contributed by atoms with Crippen LogP contribution in [0.2, 0.25) is 0 Å². The molecule has 0 aromatic rings. The van der Waals surface area contributed by atoms with Crippen LogP contribution in [0.25, 0.3) is 0 Å². The van der Waals surface area contributed by atoms with Crippen molar-refractivity contribution < 1.29 is 34.2 Å². The lowest BCUT2D eigenvalue weighted by Crippen LogP contribution is -2.58. The molecule has 45 heavy (non-hydrogen) atoms. The quantitative estimate of drug-likeness (QED) is 0.0375. The lowest BCUT2D eigenvalue weighted by atomic mass is 9.95. The highest BCUT2D eigenvalue weighted by atomic mass is 16.4. The first-order valence-corrected chi connectivity index (χ1v) is 18.8. The molecule has 0 radical (unpaired) electrons. The Morgan fingerprint density at radius 3 is 1.02 bits per heavy atom. The van der Waals surface area contributed by atoms with Crippen LogP contribution in [0.3, 0.4) is 0 Å². The first kappa shape index (κ1) is 43.1. The van der Waals surface area contributed by atoms with Crippen LogP contribution in [0.15, 0.2) is 12.2 Å². The second kappa shape index (κ2) is 28.3. The molecule has 3 atom stereocenters. The molecule has 0 spiro atoms. The van der Waals surface area contributed by atoms with E-state index in [-0.39, 0.29) is 24.1 Å². The van der Waals surface area contributed by atoms with Gasteiger partial charge in [-0.05, 0) is 51.4 Å². The molecule has 0 aliphatic heterocycles. The highest BCUT2D eigenvalue weighted by molar-refractivity contribution is 5.71. The minimum atomic E-state index is -0.885. The zero-order valence-corrected chi connectivity index (χ0v) is 29.8. The van der Waals surface area contributed by atoms with Crippen LogP contribution in [-0.4, -0.2) is 63.9 Å². The number of quaternary nitrogens is 1. The largest absolute Gasteiger partial charge is 0.481 e. The van der Waals surface area contributed by atoms with Crippen LogP contribution in [0, 0.1) is 17.8 Å². The van der Waals surface area contributed by atoms with E-state index in [1.54, 1.807) is 0 Å². The van der Waals surface area contributed by atoms with Crippen molar-refractivity contribution in [3.05, 3.63) is 12.2 Å². The molecule has 0 aromatic heterocycles. The summed E-state index contributed by atoms with van der Waals surface area (Å²) in [6.45, 7) is 9.21. The molecule has 264 valence electrons. The van der Waals surface area contributed by atoms with Gasteiger partial charge in [-0.3, -0.25) is 14.4 Å². The molecule has 0 bridgehead atoms. The molecule has 0 rings (SSSR count).